The van der Waals surface area contributed by atoms with Crippen LogP contribution >= 0.6 is 11.3 Å². The van der Waals surface area contributed by atoms with E-state index in [1.165, 1.54) is 12.3 Å². The summed E-state index contributed by atoms with van der Waals surface area (Å²) in [7, 11) is -7.77. The van der Waals surface area contributed by atoms with Crippen LogP contribution in [0.15, 0.2) is 40.9 Å². The average molecular weight is 499 g/mol. The molecule has 3 heterocycles. The fourth-order valence-corrected chi connectivity index (χ4v) is 5.66. The molecule has 11 nitrogen and oxygen atoms in total. The van der Waals surface area contributed by atoms with Crippen molar-refractivity contribution in [2.24, 2.45) is 5.14 Å². The number of nitrogens with one attached hydrogen (secondary N) is 1. The van der Waals surface area contributed by atoms with Gasteiger partial charge in [-0.25, -0.2) is 23.5 Å². The van der Waals surface area contributed by atoms with Crippen LogP contribution in [0.2, 0.25) is 0 Å². The van der Waals surface area contributed by atoms with E-state index in [1.54, 1.807) is 24.3 Å². The smallest absolute Gasteiger partial charge is 0.274 e. The first kappa shape index (κ1) is 22.3. The number of nitrogens with zero attached hydrogens (tertiary/aromatic N) is 4. The summed E-state index contributed by atoms with van der Waals surface area (Å²) in [6, 6.07) is 8.11. The maximum atomic E-state index is 13.1. The van der Waals surface area contributed by atoms with Crippen molar-refractivity contribution < 1.29 is 25.6 Å². The number of rotatable bonds is 7. The lowest BCUT2D eigenvalue weighted by atomic mass is 10.1. The number of hydrogen-bond acceptors (Lipinski definition) is 10. The van der Waals surface area contributed by atoms with E-state index in [-0.39, 0.29) is 16.8 Å². The highest BCUT2D eigenvalue weighted by molar-refractivity contribution is 7.91. The Labute approximate surface area is 185 Å². The molecule has 0 bridgehead atoms. The van der Waals surface area contributed by atoms with Crippen molar-refractivity contribution >= 4 is 41.6 Å². The Bertz CT molecular complexity index is 1500. The molecule has 0 amide bonds. The van der Waals surface area contributed by atoms with Gasteiger partial charge in [0.2, 0.25) is 17.7 Å². The number of fused-ring (bicyclic) bond motifs is 1. The molecule has 15 heteroatoms. The van der Waals surface area contributed by atoms with E-state index >= 15 is 0 Å². The van der Waals surface area contributed by atoms with E-state index in [1.807, 2.05) is 4.72 Å². The van der Waals surface area contributed by atoms with Crippen LogP contribution in [0.4, 0.5) is 4.39 Å². The van der Waals surface area contributed by atoms with E-state index in [0.717, 1.165) is 23.2 Å². The van der Waals surface area contributed by atoms with E-state index < -0.39 is 37.8 Å². The van der Waals surface area contributed by atoms with Crippen LogP contribution in [-0.4, -0.2) is 43.3 Å². The number of halogens is 1. The summed E-state index contributed by atoms with van der Waals surface area (Å²) in [6.07, 6.45) is 2.39. The Morgan fingerprint density at radius 1 is 1.16 bits per heavy atom. The Hall–Kier alpha value is -2.85. The molecular weight excluding hydrogens is 483 g/mol. The molecule has 0 aliphatic rings. The minimum atomic E-state index is -3.99. The second-order valence-electron chi connectivity index (χ2n) is 6.71. The van der Waals surface area contributed by atoms with Crippen molar-refractivity contribution in [2.45, 2.75) is 11.8 Å². The third kappa shape index (κ3) is 4.97. The molecule has 0 spiro atoms. The summed E-state index contributed by atoms with van der Waals surface area (Å²) in [5, 5.41) is 11.1. The Morgan fingerprint density at radius 3 is 2.56 bits per heavy atom. The predicted molar refractivity (Wildman–Crippen MR) is 114 cm³/mol. The maximum Gasteiger partial charge on any atom is 0.274 e. The van der Waals surface area contributed by atoms with Gasteiger partial charge in [-0.3, -0.25) is 0 Å². The summed E-state index contributed by atoms with van der Waals surface area (Å²) < 4.78 is 68.2. The van der Waals surface area contributed by atoms with Crippen molar-refractivity contribution in [3.63, 3.8) is 0 Å². The molecule has 32 heavy (non-hydrogen) atoms. The van der Waals surface area contributed by atoms with E-state index in [0.29, 0.717) is 15.8 Å². The fourth-order valence-electron chi connectivity index (χ4n) is 2.86. The van der Waals surface area contributed by atoms with Crippen LogP contribution in [0, 0.1) is 5.95 Å². The van der Waals surface area contributed by atoms with Crippen LogP contribution in [0.5, 0.6) is 0 Å². The minimum absolute atomic E-state index is 0.158. The van der Waals surface area contributed by atoms with Gasteiger partial charge in [-0.15, -0.1) is 21.5 Å². The summed E-state index contributed by atoms with van der Waals surface area (Å²) in [6.45, 7) is -0.392. The molecule has 0 fully saturated rings. The number of benzene rings is 1. The minimum Gasteiger partial charge on any atom is -0.422 e. The van der Waals surface area contributed by atoms with Gasteiger partial charge in [-0.05, 0) is 29.8 Å². The molecule has 1 unspecified atom stereocenters. The van der Waals surface area contributed by atoms with E-state index in [2.05, 4.69) is 20.2 Å². The molecule has 0 aliphatic heterocycles. The first-order valence-electron chi connectivity index (χ1n) is 8.80. The highest BCUT2D eigenvalue weighted by Gasteiger charge is 2.34. The van der Waals surface area contributed by atoms with Crippen molar-refractivity contribution in [1.82, 2.24) is 24.9 Å². The quantitative estimate of drug-likeness (QED) is 0.356. The Kier molecular flexibility index (Phi) is 5.76. The van der Waals surface area contributed by atoms with Gasteiger partial charge in [0.1, 0.15) is 5.01 Å². The molecule has 0 radical (unpaired) electrons. The van der Waals surface area contributed by atoms with E-state index in [4.69, 9.17) is 9.56 Å². The topological polar surface area (TPSA) is 171 Å². The van der Waals surface area contributed by atoms with Gasteiger partial charge in [0.25, 0.3) is 10.2 Å². The molecule has 3 N–H and O–H groups in total. The highest BCUT2D eigenvalue weighted by Crippen LogP contribution is 2.36. The molecule has 168 valence electrons. The first-order valence-corrected chi connectivity index (χ1v) is 13.1. The SMILES string of the molecule is CS(=O)(=O)C(c1nnc(CNS(N)(=O)=O)o1)c1nc2cc(-c3ccc(F)nc3)ccc2s1. The first-order chi connectivity index (χ1) is 15.0. The van der Waals surface area contributed by atoms with Gasteiger partial charge in [0.05, 0.1) is 16.8 Å². The molecule has 4 rings (SSSR count). The largest absolute Gasteiger partial charge is 0.422 e. The third-order valence-electron chi connectivity index (χ3n) is 4.25. The lowest BCUT2D eigenvalue weighted by Gasteiger charge is -2.07. The van der Waals surface area contributed by atoms with E-state index in [9.17, 15) is 21.2 Å². The van der Waals surface area contributed by atoms with Crippen LogP contribution in [0.25, 0.3) is 21.3 Å². The zero-order valence-corrected chi connectivity index (χ0v) is 18.7. The molecule has 3 aromatic heterocycles. The standard InChI is InChI=1S/C17H15FN6O5S3/c1-31(25,26)15(16-24-23-14(29-16)8-21-32(19,27)28)17-22-11-6-9(2-4-12(11)30-17)10-3-5-13(18)20-7-10/h2-7,15,21H,8H2,1H3,(H2,19,27,28). The maximum absolute atomic E-state index is 13.1. The number of sulfone groups is 1. The number of hydrogen-bond donors (Lipinski definition) is 2. The van der Waals surface area contributed by atoms with Crippen molar-refractivity contribution in [1.29, 1.82) is 0 Å². The van der Waals surface area contributed by atoms with Gasteiger partial charge in [0, 0.05) is 18.0 Å². The average Bonchev–Trinajstić information content (AvgIpc) is 3.32. The van der Waals surface area contributed by atoms with Crippen molar-refractivity contribution in [3.05, 3.63) is 59.3 Å². The molecule has 1 aromatic carbocycles. The van der Waals surface area contributed by atoms with Crippen molar-refractivity contribution in [2.75, 3.05) is 6.26 Å². The molecule has 4 aromatic rings. The van der Waals surface area contributed by atoms with Gasteiger partial charge >= 0.3 is 0 Å². The zero-order chi connectivity index (χ0) is 23.1. The van der Waals surface area contributed by atoms with Gasteiger partial charge in [-0.1, -0.05) is 6.07 Å². The number of aromatic nitrogens is 4. The lowest BCUT2D eigenvalue weighted by molar-refractivity contribution is 0.444. The summed E-state index contributed by atoms with van der Waals surface area (Å²) in [5.41, 5.74) is 1.93. The fraction of sp³-hybridized carbons (Fsp3) is 0.176. The van der Waals surface area contributed by atoms with Crippen molar-refractivity contribution in [3.8, 4) is 11.1 Å². The monoisotopic (exact) mass is 498 g/mol. The lowest BCUT2D eigenvalue weighted by Crippen LogP contribution is -2.30. The normalized spacial score (nSPS) is 13.5. The second-order valence-corrected chi connectivity index (χ2v) is 11.3. The Morgan fingerprint density at radius 2 is 1.91 bits per heavy atom. The second kappa shape index (κ2) is 8.25. The summed E-state index contributed by atoms with van der Waals surface area (Å²) in [4.78, 5) is 8.07. The Balaban J connectivity index is 1.70. The van der Waals surface area contributed by atoms with Gasteiger partial charge in [0.15, 0.2) is 15.1 Å². The third-order valence-corrected chi connectivity index (χ3v) is 7.33. The summed E-state index contributed by atoms with van der Waals surface area (Å²) >= 11 is 1.14. The zero-order valence-electron chi connectivity index (χ0n) is 16.3. The molecule has 0 saturated carbocycles. The molecule has 1 atom stereocenters. The number of thiazole rings is 1. The van der Waals surface area contributed by atoms with Gasteiger partial charge in [-0.2, -0.15) is 17.5 Å². The number of nitrogens with two attached hydrogens (primary N) is 1. The van der Waals surface area contributed by atoms with Crippen LogP contribution < -0.4 is 9.86 Å². The highest BCUT2D eigenvalue weighted by atomic mass is 32.2. The molecule has 0 aliphatic carbocycles. The van der Waals surface area contributed by atoms with Crippen LogP contribution in [0.1, 0.15) is 22.0 Å². The predicted octanol–water partition coefficient (Wildman–Crippen LogP) is 1.31. The molecular formula is C17H15FN6O5S3. The van der Waals surface area contributed by atoms with Crippen LogP contribution in [0.3, 0.4) is 0 Å². The summed E-state index contributed by atoms with van der Waals surface area (Å²) in [5.74, 6) is -1.00. The number of pyridine rings is 1. The molecule has 0 saturated heterocycles. The van der Waals surface area contributed by atoms with Crippen LogP contribution in [-0.2, 0) is 26.6 Å². The van der Waals surface area contributed by atoms with Gasteiger partial charge < -0.3 is 4.42 Å².